The molecule has 0 radical (unpaired) electrons. The molecule has 0 aliphatic carbocycles. The number of carboxylic acid groups (broad SMARTS) is 1. The van der Waals surface area contributed by atoms with Crippen LogP contribution in [0.5, 0.6) is 0 Å². The predicted octanol–water partition coefficient (Wildman–Crippen LogP) is 3.64. The summed E-state index contributed by atoms with van der Waals surface area (Å²) in [4.78, 5) is 24.9. The topological polar surface area (TPSA) is 82.3 Å². The van der Waals surface area contributed by atoms with E-state index in [4.69, 9.17) is 5.11 Å². The van der Waals surface area contributed by atoms with Gasteiger partial charge in [-0.25, -0.2) is 0 Å². The number of nitrogens with zero attached hydrogens (tertiary/aromatic N) is 3. The highest BCUT2D eigenvalue weighted by Gasteiger charge is 2.65. The Morgan fingerprint density at radius 1 is 1.00 bits per heavy atom. The molecule has 1 amide bonds. The molecule has 0 spiro atoms. The van der Waals surface area contributed by atoms with Gasteiger partial charge in [-0.05, 0) is 24.1 Å². The van der Waals surface area contributed by atoms with Gasteiger partial charge in [0.1, 0.15) is 6.54 Å². The van der Waals surface area contributed by atoms with Crippen molar-refractivity contribution in [3.05, 3.63) is 71.3 Å². The summed E-state index contributed by atoms with van der Waals surface area (Å²) in [5.41, 5.74) is -1.71. The lowest BCUT2D eigenvalue weighted by molar-refractivity contribution is -0.166. The molecule has 1 aliphatic heterocycles. The van der Waals surface area contributed by atoms with Crippen LogP contribution in [-0.4, -0.2) is 41.1 Å². The van der Waals surface area contributed by atoms with E-state index in [2.05, 4.69) is 10.2 Å². The molecule has 0 atom stereocenters. The number of carboxylic acids is 1. The summed E-state index contributed by atoms with van der Waals surface area (Å²) >= 11 is 0. The van der Waals surface area contributed by atoms with Gasteiger partial charge in [0, 0.05) is 17.7 Å². The maximum absolute atomic E-state index is 13.0. The van der Waals surface area contributed by atoms with Gasteiger partial charge >= 0.3 is 17.8 Å². The average molecular weight is 391 g/mol. The lowest BCUT2D eigenvalue weighted by Gasteiger charge is -2.21. The molecule has 2 aromatic carbocycles. The van der Waals surface area contributed by atoms with E-state index in [1.807, 2.05) is 30.3 Å². The van der Waals surface area contributed by atoms with Gasteiger partial charge in [0.25, 0.3) is 5.91 Å². The van der Waals surface area contributed by atoms with E-state index in [1.165, 1.54) is 12.1 Å². The zero-order valence-corrected chi connectivity index (χ0v) is 14.6. The first-order chi connectivity index (χ1) is 13.2. The quantitative estimate of drug-likeness (QED) is 0.782. The van der Waals surface area contributed by atoms with Crippen molar-refractivity contribution >= 4 is 11.9 Å². The summed E-state index contributed by atoms with van der Waals surface area (Å²) in [6, 6.07) is 14.0. The van der Waals surface area contributed by atoms with Crippen LogP contribution in [0.25, 0.3) is 0 Å². The third-order valence-electron chi connectivity index (χ3n) is 4.36. The minimum atomic E-state index is -4.65. The highest BCUT2D eigenvalue weighted by Crippen LogP contribution is 2.52. The Morgan fingerprint density at radius 2 is 1.61 bits per heavy atom. The molecule has 1 N–H and O–H groups in total. The van der Waals surface area contributed by atoms with Gasteiger partial charge in [-0.3, -0.25) is 9.59 Å². The van der Waals surface area contributed by atoms with E-state index in [0.717, 1.165) is 22.6 Å². The molecule has 0 fully saturated rings. The zero-order valence-electron chi connectivity index (χ0n) is 14.6. The van der Waals surface area contributed by atoms with Crippen molar-refractivity contribution in [2.75, 3.05) is 13.1 Å². The Labute approximate surface area is 158 Å². The average Bonchev–Trinajstić information content (AvgIpc) is 3.47. The van der Waals surface area contributed by atoms with Crippen molar-refractivity contribution in [2.45, 2.75) is 18.3 Å². The van der Waals surface area contributed by atoms with E-state index in [9.17, 15) is 22.8 Å². The Bertz CT molecular complexity index is 890. The van der Waals surface area contributed by atoms with Crippen LogP contribution in [0.2, 0.25) is 0 Å². The first-order valence-electron chi connectivity index (χ1n) is 8.39. The normalized spacial score (nSPS) is 14.5. The number of hydrogen-bond acceptors (Lipinski definition) is 4. The number of aliphatic carboxylic acids is 1. The van der Waals surface area contributed by atoms with E-state index < -0.39 is 30.3 Å². The molecule has 1 heterocycles. The molecule has 0 bridgehead atoms. The van der Waals surface area contributed by atoms with Crippen LogP contribution in [0.1, 0.15) is 21.5 Å². The second-order valence-corrected chi connectivity index (χ2v) is 6.30. The third-order valence-corrected chi connectivity index (χ3v) is 4.36. The third kappa shape index (κ3) is 4.03. The van der Waals surface area contributed by atoms with Crippen LogP contribution >= 0.6 is 0 Å². The Morgan fingerprint density at radius 3 is 2.11 bits per heavy atom. The number of benzene rings is 2. The fourth-order valence-corrected chi connectivity index (χ4v) is 2.79. The minimum absolute atomic E-state index is 0.0936. The standard InChI is InChI=1S/C19H16F3N3O3/c20-19(21,22)18(23-24-18)15-8-6-14(7-9-15)17(28)25(12-16(26)27)11-10-13-4-2-1-3-5-13/h1-9H,10-12H2,(H,26,27). The number of carbonyl (C=O) groups excluding carboxylic acids is 1. The minimum Gasteiger partial charge on any atom is -0.480 e. The molecule has 0 saturated carbocycles. The van der Waals surface area contributed by atoms with Crippen LogP contribution in [-0.2, 0) is 16.9 Å². The molecule has 0 saturated heterocycles. The fraction of sp³-hybridized carbons (Fsp3) is 0.263. The second kappa shape index (κ2) is 7.41. The number of alkyl halides is 3. The SMILES string of the molecule is O=C(O)CN(CCc1ccccc1)C(=O)c1ccc(C2(C(F)(F)F)N=N2)cc1. The predicted molar refractivity (Wildman–Crippen MR) is 92.7 cm³/mol. The molecule has 1 aliphatic rings. The smallest absolute Gasteiger partial charge is 0.442 e. The molecule has 28 heavy (non-hydrogen) atoms. The molecule has 3 rings (SSSR count). The van der Waals surface area contributed by atoms with Crippen LogP contribution in [0.3, 0.4) is 0 Å². The van der Waals surface area contributed by atoms with E-state index in [1.54, 1.807) is 0 Å². The van der Waals surface area contributed by atoms with E-state index in [-0.39, 0.29) is 17.7 Å². The number of hydrogen-bond donors (Lipinski definition) is 1. The first kappa shape index (κ1) is 19.5. The van der Waals surface area contributed by atoms with E-state index >= 15 is 0 Å². The number of halogens is 3. The Hall–Kier alpha value is -3.23. The van der Waals surface area contributed by atoms with Gasteiger partial charge < -0.3 is 10.0 Å². The summed E-state index contributed by atoms with van der Waals surface area (Å²) in [5.74, 6) is -1.75. The summed E-state index contributed by atoms with van der Waals surface area (Å²) in [6.07, 6.45) is -4.20. The van der Waals surface area contributed by atoms with Crippen molar-refractivity contribution in [1.29, 1.82) is 0 Å². The van der Waals surface area contributed by atoms with Gasteiger partial charge in [0.05, 0.1) is 0 Å². The van der Waals surface area contributed by atoms with Crippen molar-refractivity contribution in [3.8, 4) is 0 Å². The highest BCUT2D eigenvalue weighted by molar-refractivity contribution is 5.95. The summed E-state index contributed by atoms with van der Waals surface area (Å²) in [5, 5.41) is 15.3. The Kier molecular flexibility index (Phi) is 5.17. The van der Waals surface area contributed by atoms with Gasteiger partial charge in [0.2, 0.25) is 0 Å². The fourth-order valence-electron chi connectivity index (χ4n) is 2.79. The van der Waals surface area contributed by atoms with Crippen LogP contribution in [0.15, 0.2) is 64.8 Å². The molecule has 146 valence electrons. The zero-order chi connectivity index (χ0) is 20.4. The van der Waals surface area contributed by atoms with Crippen molar-refractivity contribution in [3.63, 3.8) is 0 Å². The summed E-state index contributed by atoms with van der Waals surface area (Å²) < 4.78 is 39.1. The van der Waals surface area contributed by atoms with Crippen molar-refractivity contribution < 1.29 is 27.9 Å². The van der Waals surface area contributed by atoms with Crippen LogP contribution in [0.4, 0.5) is 13.2 Å². The van der Waals surface area contributed by atoms with Crippen LogP contribution < -0.4 is 0 Å². The number of amides is 1. The summed E-state index contributed by atoms with van der Waals surface area (Å²) in [6.45, 7) is -0.349. The van der Waals surface area contributed by atoms with Gasteiger partial charge in [-0.15, -0.1) is 10.2 Å². The lowest BCUT2D eigenvalue weighted by Crippen LogP contribution is -2.37. The summed E-state index contributed by atoms with van der Waals surface area (Å²) in [7, 11) is 0. The lowest BCUT2D eigenvalue weighted by atomic mass is 10.0. The first-order valence-corrected chi connectivity index (χ1v) is 8.39. The molecular formula is C19H16F3N3O3. The second-order valence-electron chi connectivity index (χ2n) is 6.30. The molecule has 6 nitrogen and oxygen atoms in total. The monoisotopic (exact) mass is 391 g/mol. The van der Waals surface area contributed by atoms with Crippen molar-refractivity contribution in [1.82, 2.24) is 4.90 Å². The molecule has 0 aromatic heterocycles. The number of carbonyl (C=O) groups is 2. The largest absolute Gasteiger partial charge is 0.480 e. The molecule has 2 aromatic rings. The van der Waals surface area contributed by atoms with Gasteiger partial charge in [-0.2, -0.15) is 13.2 Å². The molecular weight excluding hydrogens is 375 g/mol. The highest BCUT2D eigenvalue weighted by atomic mass is 19.4. The number of rotatable bonds is 7. The Balaban J connectivity index is 1.74. The molecule has 9 heteroatoms. The van der Waals surface area contributed by atoms with E-state index in [0.29, 0.717) is 6.42 Å². The molecule has 0 unspecified atom stereocenters. The van der Waals surface area contributed by atoms with Crippen LogP contribution in [0, 0.1) is 0 Å². The van der Waals surface area contributed by atoms with Crippen molar-refractivity contribution in [2.24, 2.45) is 10.2 Å². The maximum Gasteiger partial charge on any atom is 0.442 e. The van der Waals surface area contributed by atoms with Gasteiger partial charge in [-0.1, -0.05) is 42.5 Å². The van der Waals surface area contributed by atoms with Gasteiger partial charge in [0.15, 0.2) is 0 Å². The maximum atomic E-state index is 13.0.